The molecule has 0 bridgehead atoms. The maximum absolute atomic E-state index is 13.9. The molecular weight excluding hydrogens is 688 g/mol. The maximum atomic E-state index is 13.9. The molecule has 1 aliphatic carbocycles. The number of nitrogens with zero attached hydrogens (tertiary/aromatic N) is 7. The van der Waals surface area contributed by atoms with Crippen molar-refractivity contribution in [2.75, 3.05) is 23.8 Å². The fourth-order valence-corrected chi connectivity index (χ4v) is 5.68. The number of anilines is 2. The van der Waals surface area contributed by atoms with Gasteiger partial charge in [0.25, 0.3) is 5.91 Å². The minimum Gasteiger partial charge on any atom is -0.393 e. The summed E-state index contributed by atoms with van der Waals surface area (Å²) in [5.41, 5.74) is 3.65. The number of oxime groups is 2. The molecule has 1 saturated heterocycles. The molecule has 4 aromatic rings. The largest absolute Gasteiger partial charge is 0.393 e. The van der Waals surface area contributed by atoms with Gasteiger partial charge in [-0.3, -0.25) is 14.8 Å². The van der Waals surface area contributed by atoms with Crippen LogP contribution in [0, 0.1) is 37.3 Å². The number of rotatable bonds is 16. The van der Waals surface area contributed by atoms with Crippen LogP contribution in [0.2, 0.25) is 0 Å². The van der Waals surface area contributed by atoms with Crippen molar-refractivity contribution in [1.82, 2.24) is 24.9 Å². The number of ether oxygens (including phenoxy) is 1. The SMILES string of the molecule is CCC(=NOC(C)CCC1CC1C(=NOC1COC1)c1cnc(NC(=O)c2cncc(F)c2C)cn1)c1ccc(NC(O)c2cncc(F)c2C)nc1. The highest BCUT2D eigenvalue weighted by atomic mass is 19.1. The fourth-order valence-electron chi connectivity index (χ4n) is 5.68. The van der Waals surface area contributed by atoms with Crippen LogP contribution in [-0.2, 0) is 14.4 Å². The van der Waals surface area contributed by atoms with E-state index in [-0.39, 0.29) is 35.1 Å². The van der Waals surface area contributed by atoms with E-state index < -0.39 is 23.8 Å². The molecular formula is C37H41F2N9O5. The molecule has 0 spiro atoms. The second kappa shape index (κ2) is 16.9. The van der Waals surface area contributed by atoms with E-state index in [1.807, 2.05) is 19.9 Å². The van der Waals surface area contributed by atoms with Gasteiger partial charge in [0, 0.05) is 41.2 Å². The van der Waals surface area contributed by atoms with Gasteiger partial charge in [0.2, 0.25) is 0 Å². The van der Waals surface area contributed by atoms with Crippen molar-refractivity contribution >= 4 is 29.0 Å². The standard InChI is InChI=1S/C37H41F2N9O5/c1-5-31(24-8-9-33(43-11-24)45-36(49)27-12-40-14-29(38)21(27)3)47-52-20(2)6-7-23-10-26(23)35(48-53-25-18-51-19-25)32-16-44-34(17-42-32)46-37(50)28-13-41-15-30(39)22(28)4/h8-9,11-17,20,23,25-26,36,49H,5-7,10,18-19H2,1-4H3,(H,43,45)(H,44,46,50). The lowest BCUT2D eigenvalue weighted by molar-refractivity contribution is -0.129. The third-order valence-electron chi connectivity index (χ3n) is 9.23. The van der Waals surface area contributed by atoms with Crippen molar-refractivity contribution in [3.8, 4) is 0 Å². The summed E-state index contributed by atoms with van der Waals surface area (Å²) >= 11 is 0. The van der Waals surface area contributed by atoms with Crippen LogP contribution in [0.15, 0.2) is 65.8 Å². The zero-order valence-corrected chi connectivity index (χ0v) is 29.8. The second-order valence-corrected chi connectivity index (χ2v) is 13.1. The molecule has 1 saturated carbocycles. The van der Waals surface area contributed by atoms with Gasteiger partial charge >= 0.3 is 0 Å². The molecule has 53 heavy (non-hydrogen) atoms. The summed E-state index contributed by atoms with van der Waals surface area (Å²) in [7, 11) is 0. The fraction of sp³-hybridized carbons (Fsp3) is 0.405. The van der Waals surface area contributed by atoms with Crippen molar-refractivity contribution in [2.45, 2.75) is 71.8 Å². The number of aliphatic hydroxyl groups excluding tert-OH is 1. The van der Waals surface area contributed by atoms with Crippen LogP contribution in [0.5, 0.6) is 0 Å². The Hall–Kier alpha value is -5.48. The summed E-state index contributed by atoms with van der Waals surface area (Å²) < 4.78 is 33.0. The van der Waals surface area contributed by atoms with Gasteiger partial charge in [-0.05, 0) is 70.1 Å². The molecule has 2 aliphatic rings. The lowest BCUT2D eigenvalue weighted by Gasteiger charge is -2.23. The van der Waals surface area contributed by atoms with Crippen molar-refractivity contribution in [3.63, 3.8) is 0 Å². The number of aromatic nitrogens is 5. The number of hydrogen-bond donors (Lipinski definition) is 3. The van der Waals surface area contributed by atoms with Crippen molar-refractivity contribution in [1.29, 1.82) is 0 Å². The van der Waals surface area contributed by atoms with Crippen molar-refractivity contribution < 1.29 is 33.1 Å². The molecule has 278 valence electrons. The molecule has 5 heterocycles. The van der Waals surface area contributed by atoms with Crippen LogP contribution < -0.4 is 10.6 Å². The van der Waals surface area contributed by atoms with E-state index in [1.165, 1.54) is 31.7 Å². The Morgan fingerprint density at radius 1 is 0.981 bits per heavy atom. The highest BCUT2D eigenvalue weighted by molar-refractivity contribution is 6.05. The quantitative estimate of drug-likeness (QED) is 0.0736. The van der Waals surface area contributed by atoms with E-state index in [1.54, 1.807) is 19.2 Å². The molecule has 16 heteroatoms. The monoisotopic (exact) mass is 729 g/mol. The smallest absolute Gasteiger partial charge is 0.258 e. The second-order valence-electron chi connectivity index (χ2n) is 13.1. The van der Waals surface area contributed by atoms with Crippen LogP contribution in [0.25, 0.3) is 0 Å². The molecule has 6 rings (SSSR count). The third kappa shape index (κ3) is 9.31. The lowest BCUT2D eigenvalue weighted by atomic mass is 10.1. The Bertz CT molecular complexity index is 1960. The van der Waals surface area contributed by atoms with Crippen molar-refractivity contribution in [2.24, 2.45) is 22.1 Å². The van der Waals surface area contributed by atoms with E-state index in [0.717, 1.165) is 42.9 Å². The van der Waals surface area contributed by atoms with E-state index in [4.69, 9.17) is 14.4 Å². The van der Waals surface area contributed by atoms with Gasteiger partial charge in [0.05, 0.1) is 49.3 Å². The van der Waals surface area contributed by atoms with Crippen LogP contribution in [-0.4, -0.2) is 72.8 Å². The van der Waals surface area contributed by atoms with Gasteiger partial charge in [0.15, 0.2) is 18.1 Å². The minimum absolute atomic E-state index is 0.103. The molecule has 1 aliphatic heterocycles. The van der Waals surface area contributed by atoms with E-state index in [9.17, 15) is 18.7 Å². The van der Waals surface area contributed by atoms with E-state index in [0.29, 0.717) is 53.9 Å². The first kappa shape index (κ1) is 37.3. The zero-order chi connectivity index (χ0) is 37.5. The number of amides is 1. The zero-order valence-electron chi connectivity index (χ0n) is 29.8. The maximum Gasteiger partial charge on any atom is 0.258 e. The number of nitrogens with one attached hydrogen (secondary N) is 2. The molecule has 2 fully saturated rings. The Kier molecular flexibility index (Phi) is 11.9. The summed E-state index contributed by atoms with van der Waals surface area (Å²) in [6.45, 7) is 7.97. The molecule has 4 aromatic heterocycles. The first-order valence-electron chi connectivity index (χ1n) is 17.4. The highest BCUT2D eigenvalue weighted by Gasteiger charge is 2.42. The average Bonchev–Trinajstić information content (AvgIpc) is 3.91. The van der Waals surface area contributed by atoms with Crippen molar-refractivity contribution in [3.05, 3.63) is 101 Å². The number of pyridine rings is 3. The van der Waals surface area contributed by atoms with Gasteiger partial charge in [-0.15, -0.1) is 0 Å². The van der Waals surface area contributed by atoms with Crippen LogP contribution in [0.3, 0.4) is 0 Å². The molecule has 3 N–H and O–H groups in total. The van der Waals surface area contributed by atoms with Crippen LogP contribution >= 0.6 is 0 Å². The molecule has 4 atom stereocenters. The number of halogens is 2. The van der Waals surface area contributed by atoms with E-state index in [2.05, 4.69) is 45.9 Å². The van der Waals surface area contributed by atoms with Crippen LogP contribution in [0.4, 0.5) is 20.4 Å². The third-order valence-corrected chi connectivity index (χ3v) is 9.23. The molecule has 0 aromatic carbocycles. The average molecular weight is 730 g/mol. The van der Waals surface area contributed by atoms with Gasteiger partial charge in [0.1, 0.15) is 35.0 Å². The first-order chi connectivity index (χ1) is 25.6. The Morgan fingerprint density at radius 2 is 1.74 bits per heavy atom. The normalized spacial score (nSPS) is 18.5. The Labute approximate surface area is 305 Å². The molecule has 4 unspecified atom stereocenters. The highest BCUT2D eigenvalue weighted by Crippen LogP contribution is 2.45. The number of carbonyl (C=O) groups excluding carboxylic acids is 1. The number of hydrogen-bond acceptors (Lipinski definition) is 13. The van der Waals surface area contributed by atoms with E-state index >= 15 is 0 Å². The summed E-state index contributed by atoms with van der Waals surface area (Å²) in [6.07, 6.45) is 11.1. The van der Waals surface area contributed by atoms with Gasteiger partial charge in [-0.25, -0.2) is 23.7 Å². The Balaban J connectivity index is 1.02. The van der Waals surface area contributed by atoms with Gasteiger partial charge in [-0.1, -0.05) is 17.2 Å². The first-order valence-corrected chi connectivity index (χ1v) is 17.4. The number of carbonyl (C=O) groups is 1. The molecule has 0 radical (unpaired) electrons. The molecule has 14 nitrogen and oxygen atoms in total. The summed E-state index contributed by atoms with van der Waals surface area (Å²) in [5, 5.41) is 24.9. The van der Waals surface area contributed by atoms with Gasteiger partial charge < -0.3 is 30.2 Å². The Morgan fingerprint density at radius 3 is 2.42 bits per heavy atom. The van der Waals surface area contributed by atoms with Crippen LogP contribution in [0.1, 0.15) is 84.1 Å². The summed E-state index contributed by atoms with van der Waals surface area (Å²) in [4.78, 5) is 45.2. The number of aliphatic hydroxyl groups is 1. The molecule has 1 amide bonds. The predicted octanol–water partition coefficient (Wildman–Crippen LogP) is 5.67. The summed E-state index contributed by atoms with van der Waals surface area (Å²) in [5.74, 6) is -0.563. The minimum atomic E-state index is -1.18. The van der Waals surface area contributed by atoms with Gasteiger partial charge in [-0.2, -0.15) is 0 Å². The lowest BCUT2D eigenvalue weighted by Crippen LogP contribution is -2.35. The predicted molar refractivity (Wildman–Crippen MR) is 191 cm³/mol. The summed E-state index contributed by atoms with van der Waals surface area (Å²) in [6, 6.07) is 3.54. The topological polar surface area (TPSA) is 178 Å².